The molecule has 0 aliphatic heterocycles. The van der Waals surface area contributed by atoms with E-state index in [2.05, 4.69) is 10.3 Å². The predicted octanol–water partition coefficient (Wildman–Crippen LogP) is 3.73. The summed E-state index contributed by atoms with van der Waals surface area (Å²) in [5, 5.41) is 5.53. The number of rotatable bonds is 6. The lowest BCUT2D eigenvalue weighted by molar-refractivity contribution is -0.153. The van der Waals surface area contributed by atoms with Crippen molar-refractivity contribution in [2.24, 2.45) is 0 Å². The highest BCUT2D eigenvalue weighted by Crippen LogP contribution is 2.19. The Balaban J connectivity index is 1.84. The number of hydrogen-bond donors (Lipinski definition) is 1. The van der Waals surface area contributed by atoms with Gasteiger partial charge >= 0.3 is 12.2 Å². The summed E-state index contributed by atoms with van der Waals surface area (Å²) in [6.45, 7) is 1.11. The first kappa shape index (κ1) is 19.0. The van der Waals surface area contributed by atoms with Gasteiger partial charge in [0.1, 0.15) is 5.75 Å². The van der Waals surface area contributed by atoms with Crippen LogP contribution < -0.4 is 10.1 Å². The molecule has 2 amide bonds. The van der Waals surface area contributed by atoms with Gasteiger partial charge in [0.15, 0.2) is 6.61 Å². The van der Waals surface area contributed by atoms with Crippen LogP contribution in [-0.2, 0) is 13.1 Å². The number of thiazole rings is 1. The van der Waals surface area contributed by atoms with E-state index in [1.165, 1.54) is 28.4 Å². The van der Waals surface area contributed by atoms with Crippen molar-refractivity contribution in [1.29, 1.82) is 0 Å². The number of amides is 2. The van der Waals surface area contributed by atoms with Crippen LogP contribution in [0.2, 0.25) is 0 Å². The minimum absolute atomic E-state index is 0.107. The SMILES string of the molecule is Cc1nc(CN(C)C(=O)NCc2cccc(OCC(F)(F)F)c2)cs1. The molecule has 2 aromatic rings. The summed E-state index contributed by atoms with van der Waals surface area (Å²) in [7, 11) is 1.65. The van der Waals surface area contributed by atoms with Gasteiger partial charge < -0.3 is 15.0 Å². The Morgan fingerprint density at radius 2 is 2.16 bits per heavy atom. The molecule has 1 heterocycles. The van der Waals surface area contributed by atoms with E-state index in [9.17, 15) is 18.0 Å². The number of ether oxygens (including phenoxy) is 1. The van der Waals surface area contributed by atoms with Crippen LogP contribution in [-0.4, -0.2) is 35.7 Å². The molecule has 1 aromatic heterocycles. The molecule has 9 heteroatoms. The summed E-state index contributed by atoms with van der Waals surface area (Å²) in [6.07, 6.45) is -4.39. The Bertz CT molecular complexity index is 719. The average Bonchev–Trinajstić information content (AvgIpc) is 2.95. The van der Waals surface area contributed by atoms with Gasteiger partial charge in [-0.05, 0) is 24.6 Å². The predicted molar refractivity (Wildman–Crippen MR) is 88.5 cm³/mol. The van der Waals surface area contributed by atoms with Crippen LogP contribution in [0.5, 0.6) is 5.75 Å². The van der Waals surface area contributed by atoms with E-state index in [0.29, 0.717) is 12.1 Å². The Kier molecular flexibility index (Phi) is 6.24. The lowest BCUT2D eigenvalue weighted by Crippen LogP contribution is -2.36. The van der Waals surface area contributed by atoms with Crippen LogP contribution in [0.3, 0.4) is 0 Å². The number of hydrogen-bond acceptors (Lipinski definition) is 4. The number of urea groups is 1. The molecular formula is C16H18F3N3O2S. The van der Waals surface area contributed by atoms with Crippen LogP contribution in [0.15, 0.2) is 29.6 Å². The summed E-state index contributed by atoms with van der Waals surface area (Å²) >= 11 is 1.51. The standard InChI is InChI=1S/C16H18F3N3O2S/c1-11-21-13(9-25-11)8-22(2)15(23)20-7-12-4-3-5-14(6-12)24-10-16(17,18)19/h3-6,9H,7-8,10H2,1-2H3,(H,20,23). The van der Waals surface area contributed by atoms with Crippen LogP contribution in [0.4, 0.5) is 18.0 Å². The van der Waals surface area contributed by atoms with Crippen molar-refractivity contribution in [2.45, 2.75) is 26.2 Å². The average molecular weight is 373 g/mol. The van der Waals surface area contributed by atoms with Crippen LogP contribution >= 0.6 is 11.3 Å². The normalized spacial score (nSPS) is 11.2. The zero-order valence-electron chi connectivity index (χ0n) is 13.8. The van der Waals surface area contributed by atoms with Crippen molar-refractivity contribution in [2.75, 3.05) is 13.7 Å². The summed E-state index contributed by atoms with van der Waals surface area (Å²) in [5.41, 5.74) is 1.45. The Morgan fingerprint density at radius 3 is 2.80 bits per heavy atom. The highest BCUT2D eigenvalue weighted by atomic mass is 32.1. The number of carbonyl (C=O) groups excluding carboxylic acids is 1. The van der Waals surface area contributed by atoms with Crippen molar-refractivity contribution in [3.8, 4) is 5.75 Å². The Hall–Kier alpha value is -2.29. The van der Waals surface area contributed by atoms with Crippen molar-refractivity contribution < 1.29 is 22.7 Å². The maximum atomic E-state index is 12.2. The zero-order chi connectivity index (χ0) is 18.4. The first-order valence-corrected chi connectivity index (χ1v) is 8.29. The molecule has 0 aliphatic carbocycles. The Labute approximate surface area is 147 Å². The summed E-state index contributed by atoms with van der Waals surface area (Å²) in [6, 6.07) is 5.88. The molecule has 5 nitrogen and oxygen atoms in total. The molecule has 0 fully saturated rings. The molecule has 2 rings (SSSR count). The molecular weight excluding hydrogens is 355 g/mol. The van der Waals surface area contributed by atoms with E-state index >= 15 is 0 Å². The number of aryl methyl sites for hydroxylation is 1. The number of benzene rings is 1. The van der Waals surface area contributed by atoms with Gasteiger partial charge in [0, 0.05) is 19.0 Å². The minimum Gasteiger partial charge on any atom is -0.484 e. The lowest BCUT2D eigenvalue weighted by Gasteiger charge is -2.17. The molecule has 1 N–H and O–H groups in total. The minimum atomic E-state index is -4.39. The summed E-state index contributed by atoms with van der Waals surface area (Å²) in [5.74, 6) is 0.107. The van der Waals surface area contributed by atoms with Gasteiger partial charge in [0.05, 0.1) is 17.2 Å². The molecule has 1 aromatic carbocycles. The molecule has 0 unspecified atom stereocenters. The van der Waals surface area contributed by atoms with E-state index in [4.69, 9.17) is 4.74 Å². The van der Waals surface area contributed by atoms with Gasteiger partial charge in [-0.1, -0.05) is 12.1 Å². The summed E-state index contributed by atoms with van der Waals surface area (Å²) in [4.78, 5) is 17.9. The number of halogens is 3. The molecule has 0 saturated heterocycles. The lowest BCUT2D eigenvalue weighted by atomic mass is 10.2. The smallest absolute Gasteiger partial charge is 0.422 e. The molecule has 0 bridgehead atoms. The van der Waals surface area contributed by atoms with E-state index in [1.807, 2.05) is 12.3 Å². The fourth-order valence-electron chi connectivity index (χ4n) is 2.02. The molecule has 0 radical (unpaired) electrons. The topological polar surface area (TPSA) is 54.5 Å². The van der Waals surface area contributed by atoms with Crippen molar-refractivity contribution in [3.05, 3.63) is 45.9 Å². The second kappa shape index (κ2) is 8.19. The van der Waals surface area contributed by atoms with Crippen molar-refractivity contribution in [1.82, 2.24) is 15.2 Å². The van der Waals surface area contributed by atoms with Crippen LogP contribution in [0.1, 0.15) is 16.3 Å². The highest BCUT2D eigenvalue weighted by Gasteiger charge is 2.28. The third kappa shape index (κ3) is 6.61. The quantitative estimate of drug-likeness (QED) is 0.839. The van der Waals surface area contributed by atoms with Crippen LogP contribution in [0, 0.1) is 6.92 Å². The fourth-order valence-corrected chi connectivity index (χ4v) is 2.62. The summed E-state index contributed by atoms with van der Waals surface area (Å²) < 4.78 is 41.2. The van der Waals surface area contributed by atoms with E-state index in [1.54, 1.807) is 19.2 Å². The number of aromatic nitrogens is 1. The molecule has 0 saturated carbocycles. The first-order valence-electron chi connectivity index (χ1n) is 7.41. The Morgan fingerprint density at radius 1 is 1.40 bits per heavy atom. The number of carbonyl (C=O) groups is 1. The van der Waals surface area contributed by atoms with Gasteiger partial charge in [-0.15, -0.1) is 11.3 Å². The first-order chi connectivity index (χ1) is 11.7. The van der Waals surface area contributed by atoms with Gasteiger partial charge in [-0.3, -0.25) is 0 Å². The molecule has 25 heavy (non-hydrogen) atoms. The third-order valence-electron chi connectivity index (χ3n) is 3.16. The highest BCUT2D eigenvalue weighted by molar-refractivity contribution is 7.09. The van der Waals surface area contributed by atoms with Crippen molar-refractivity contribution in [3.63, 3.8) is 0 Å². The second-order valence-corrected chi connectivity index (χ2v) is 6.49. The second-order valence-electron chi connectivity index (χ2n) is 5.42. The van der Waals surface area contributed by atoms with E-state index in [0.717, 1.165) is 10.7 Å². The maximum Gasteiger partial charge on any atom is 0.422 e. The van der Waals surface area contributed by atoms with E-state index < -0.39 is 12.8 Å². The van der Waals surface area contributed by atoms with Gasteiger partial charge in [0.2, 0.25) is 0 Å². The molecule has 0 spiro atoms. The molecule has 0 aliphatic rings. The number of nitrogens with zero attached hydrogens (tertiary/aromatic N) is 2. The molecule has 0 atom stereocenters. The fraction of sp³-hybridized carbons (Fsp3) is 0.375. The van der Waals surface area contributed by atoms with E-state index in [-0.39, 0.29) is 18.3 Å². The number of alkyl halides is 3. The molecule has 136 valence electrons. The maximum absolute atomic E-state index is 12.2. The van der Waals surface area contributed by atoms with Gasteiger partial charge in [-0.25, -0.2) is 9.78 Å². The van der Waals surface area contributed by atoms with Crippen LogP contribution in [0.25, 0.3) is 0 Å². The van der Waals surface area contributed by atoms with Gasteiger partial charge in [-0.2, -0.15) is 13.2 Å². The largest absolute Gasteiger partial charge is 0.484 e. The third-order valence-corrected chi connectivity index (χ3v) is 3.98. The van der Waals surface area contributed by atoms with Crippen molar-refractivity contribution >= 4 is 17.4 Å². The number of nitrogens with one attached hydrogen (secondary N) is 1. The van der Waals surface area contributed by atoms with Gasteiger partial charge in [0.25, 0.3) is 0 Å². The zero-order valence-corrected chi connectivity index (χ0v) is 14.6. The monoisotopic (exact) mass is 373 g/mol.